The predicted octanol–water partition coefficient (Wildman–Crippen LogP) is 5.57. The van der Waals surface area contributed by atoms with Crippen LogP contribution >= 0.6 is 11.3 Å². The first-order valence-corrected chi connectivity index (χ1v) is 13.1. The highest BCUT2D eigenvalue weighted by atomic mass is 32.2. The standard InChI is InChI=1S/C26H21N3O2S2/c1-17-6-9-24-20(14-17)15-25(32-24)33(30,31)29-13-11-21-19(16-29)10-12-27-26(21)23-8-7-18-4-2-3-5-22(18)28-23/h2-10,12,14-15H,11,13,16H2,1H3. The van der Waals surface area contributed by atoms with Crippen molar-refractivity contribution in [2.45, 2.75) is 24.1 Å². The van der Waals surface area contributed by atoms with Gasteiger partial charge in [0.25, 0.3) is 10.0 Å². The van der Waals surface area contributed by atoms with Gasteiger partial charge in [-0.15, -0.1) is 11.3 Å². The topological polar surface area (TPSA) is 63.2 Å². The van der Waals surface area contributed by atoms with Crippen molar-refractivity contribution in [3.8, 4) is 11.4 Å². The predicted molar refractivity (Wildman–Crippen MR) is 133 cm³/mol. The molecule has 0 unspecified atom stereocenters. The van der Waals surface area contributed by atoms with Crippen LogP contribution in [0.4, 0.5) is 0 Å². The van der Waals surface area contributed by atoms with Crippen LogP contribution < -0.4 is 0 Å². The molecule has 164 valence electrons. The second-order valence-electron chi connectivity index (χ2n) is 8.38. The molecule has 0 atom stereocenters. The summed E-state index contributed by atoms with van der Waals surface area (Å²) in [5, 5.41) is 2.06. The maximum Gasteiger partial charge on any atom is 0.252 e. The molecule has 0 saturated carbocycles. The third-order valence-electron chi connectivity index (χ3n) is 6.20. The summed E-state index contributed by atoms with van der Waals surface area (Å²) in [4.78, 5) is 9.43. The summed E-state index contributed by atoms with van der Waals surface area (Å²) in [6.45, 7) is 2.78. The largest absolute Gasteiger partial charge is 0.254 e. The van der Waals surface area contributed by atoms with E-state index in [0.29, 0.717) is 23.7 Å². The molecule has 5 aromatic rings. The lowest BCUT2D eigenvalue weighted by atomic mass is 9.98. The molecule has 1 aliphatic rings. The summed E-state index contributed by atoms with van der Waals surface area (Å²) in [7, 11) is -3.57. The minimum atomic E-state index is -3.57. The van der Waals surface area contributed by atoms with Gasteiger partial charge in [-0.25, -0.2) is 13.4 Å². The number of nitrogens with zero attached hydrogens (tertiary/aromatic N) is 3. The fourth-order valence-corrected chi connectivity index (χ4v) is 7.43. The minimum Gasteiger partial charge on any atom is -0.254 e. The van der Waals surface area contributed by atoms with Gasteiger partial charge < -0.3 is 0 Å². The SMILES string of the molecule is Cc1ccc2sc(S(=O)(=O)N3CCc4c(ccnc4-c4ccc5ccccc5n4)C3)cc2c1. The number of thiophene rings is 1. The average molecular weight is 472 g/mol. The van der Waals surface area contributed by atoms with Gasteiger partial charge in [-0.3, -0.25) is 4.98 Å². The number of sulfonamides is 1. The molecule has 33 heavy (non-hydrogen) atoms. The van der Waals surface area contributed by atoms with E-state index in [4.69, 9.17) is 4.98 Å². The third-order valence-corrected chi connectivity index (χ3v) is 9.61. The molecule has 4 heterocycles. The Morgan fingerprint density at radius 1 is 0.970 bits per heavy atom. The van der Waals surface area contributed by atoms with Gasteiger partial charge in [-0.1, -0.05) is 42.0 Å². The zero-order valence-corrected chi connectivity index (χ0v) is 19.7. The molecule has 0 radical (unpaired) electrons. The van der Waals surface area contributed by atoms with Crippen molar-refractivity contribution in [2.75, 3.05) is 6.54 Å². The molecular formula is C26H21N3O2S2. The Balaban J connectivity index is 1.35. The van der Waals surface area contributed by atoms with Crippen molar-refractivity contribution < 1.29 is 8.42 Å². The number of aryl methyl sites for hydroxylation is 1. The normalized spacial score (nSPS) is 14.6. The highest BCUT2D eigenvalue weighted by molar-refractivity contribution is 7.91. The molecule has 6 rings (SSSR count). The van der Waals surface area contributed by atoms with Crippen molar-refractivity contribution in [3.05, 3.63) is 89.6 Å². The lowest BCUT2D eigenvalue weighted by Crippen LogP contribution is -2.36. The van der Waals surface area contributed by atoms with E-state index in [0.717, 1.165) is 49.1 Å². The molecule has 5 nitrogen and oxygen atoms in total. The van der Waals surface area contributed by atoms with Gasteiger partial charge in [0.05, 0.1) is 16.9 Å². The number of para-hydroxylation sites is 1. The number of fused-ring (bicyclic) bond motifs is 3. The van der Waals surface area contributed by atoms with Crippen molar-refractivity contribution in [1.82, 2.24) is 14.3 Å². The van der Waals surface area contributed by atoms with Crippen LogP contribution in [0, 0.1) is 6.92 Å². The van der Waals surface area contributed by atoms with E-state index in [1.165, 1.54) is 11.3 Å². The van der Waals surface area contributed by atoms with Gasteiger partial charge in [-0.05, 0) is 60.2 Å². The monoisotopic (exact) mass is 471 g/mol. The molecule has 0 N–H and O–H groups in total. The zero-order valence-electron chi connectivity index (χ0n) is 18.0. The summed E-state index contributed by atoms with van der Waals surface area (Å²) in [6, 6.07) is 21.8. The number of hydrogen-bond donors (Lipinski definition) is 0. The lowest BCUT2D eigenvalue weighted by Gasteiger charge is -2.28. The Bertz CT molecular complexity index is 1640. The van der Waals surface area contributed by atoms with E-state index in [1.54, 1.807) is 16.6 Å². The van der Waals surface area contributed by atoms with Gasteiger partial charge in [0, 0.05) is 29.4 Å². The van der Waals surface area contributed by atoms with Crippen LogP contribution in [-0.4, -0.2) is 29.2 Å². The van der Waals surface area contributed by atoms with E-state index >= 15 is 0 Å². The molecule has 0 saturated heterocycles. The fraction of sp³-hybridized carbons (Fsp3) is 0.154. The molecule has 2 aromatic carbocycles. The molecule has 7 heteroatoms. The van der Waals surface area contributed by atoms with Crippen molar-refractivity contribution >= 4 is 42.3 Å². The molecule has 3 aromatic heterocycles. The van der Waals surface area contributed by atoms with Crippen LogP contribution in [-0.2, 0) is 23.0 Å². The Kier molecular flexibility index (Phi) is 4.79. The Morgan fingerprint density at radius 2 is 1.85 bits per heavy atom. The van der Waals surface area contributed by atoms with Gasteiger partial charge >= 0.3 is 0 Å². The number of hydrogen-bond acceptors (Lipinski definition) is 5. The third kappa shape index (κ3) is 3.53. The molecule has 0 spiro atoms. The summed E-state index contributed by atoms with van der Waals surface area (Å²) >= 11 is 1.34. The van der Waals surface area contributed by atoms with Crippen LogP contribution in [0.2, 0.25) is 0 Å². The van der Waals surface area contributed by atoms with Gasteiger partial charge in [0.15, 0.2) is 0 Å². The first-order chi connectivity index (χ1) is 16.0. The summed E-state index contributed by atoms with van der Waals surface area (Å²) in [5.74, 6) is 0. The van der Waals surface area contributed by atoms with Crippen LogP contribution in [0.5, 0.6) is 0 Å². The van der Waals surface area contributed by atoms with Gasteiger partial charge in [-0.2, -0.15) is 4.31 Å². The average Bonchev–Trinajstić information content (AvgIpc) is 3.27. The summed E-state index contributed by atoms with van der Waals surface area (Å²) in [6.07, 6.45) is 2.36. The first-order valence-electron chi connectivity index (χ1n) is 10.8. The number of aromatic nitrogens is 2. The Hall–Kier alpha value is -3.13. The Labute approximate surface area is 196 Å². The molecule has 0 amide bonds. The first kappa shape index (κ1) is 20.5. The smallest absolute Gasteiger partial charge is 0.252 e. The van der Waals surface area contributed by atoms with Crippen LogP contribution in [0.15, 0.2) is 77.1 Å². The van der Waals surface area contributed by atoms with Crippen molar-refractivity contribution in [1.29, 1.82) is 0 Å². The maximum atomic E-state index is 13.5. The molecular weight excluding hydrogens is 450 g/mol. The summed E-state index contributed by atoms with van der Waals surface area (Å²) < 4.78 is 29.9. The quantitative estimate of drug-likeness (QED) is 0.345. The minimum absolute atomic E-state index is 0.341. The lowest BCUT2D eigenvalue weighted by molar-refractivity contribution is 0.392. The maximum absolute atomic E-state index is 13.5. The zero-order chi connectivity index (χ0) is 22.6. The summed E-state index contributed by atoms with van der Waals surface area (Å²) in [5.41, 5.74) is 5.78. The number of benzene rings is 2. The molecule has 1 aliphatic heterocycles. The van der Waals surface area contributed by atoms with Crippen LogP contribution in [0.25, 0.3) is 32.4 Å². The van der Waals surface area contributed by atoms with E-state index in [1.807, 2.05) is 61.5 Å². The number of pyridine rings is 2. The van der Waals surface area contributed by atoms with E-state index in [-0.39, 0.29) is 0 Å². The van der Waals surface area contributed by atoms with Crippen molar-refractivity contribution in [3.63, 3.8) is 0 Å². The molecule has 0 aliphatic carbocycles. The molecule has 0 fully saturated rings. The van der Waals surface area contributed by atoms with Crippen molar-refractivity contribution in [2.24, 2.45) is 0 Å². The van der Waals surface area contributed by atoms with E-state index < -0.39 is 10.0 Å². The highest BCUT2D eigenvalue weighted by Crippen LogP contribution is 2.35. The Morgan fingerprint density at radius 3 is 2.76 bits per heavy atom. The van der Waals surface area contributed by atoms with E-state index in [2.05, 4.69) is 11.1 Å². The van der Waals surface area contributed by atoms with E-state index in [9.17, 15) is 8.42 Å². The van der Waals surface area contributed by atoms with Crippen LogP contribution in [0.3, 0.4) is 0 Å². The van der Waals surface area contributed by atoms with Gasteiger partial charge in [0.1, 0.15) is 4.21 Å². The number of rotatable bonds is 3. The van der Waals surface area contributed by atoms with Crippen LogP contribution in [0.1, 0.15) is 16.7 Å². The highest BCUT2D eigenvalue weighted by Gasteiger charge is 2.31. The molecule has 0 bridgehead atoms. The second kappa shape index (κ2) is 7.73. The second-order valence-corrected chi connectivity index (χ2v) is 11.6. The fourth-order valence-electron chi connectivity index (χ4n) is 4.48. The van der Waals surface area contributed by atoms with Gasteiger partial charge in [0.2, 0.25) is 0 Å².